The zero-order chi connectivity index (χ0) is 14.0. The predicted octanol–water partition coefficient (Wildman–Crippen LogP) is 2.65. The zero-order valence-electron chi connectivity index (χ0n) is 11.0. The van der Waals surface area contributed by atoms with E-state index >= 15 is 0 Å². The summed E-state index contributed by atoms with van der Waals surface area (Å²) >= 11 is 1.16. The summed E-state index contributed by atoms with van der Waals surface area (Å²) in [5, 5.41) is 3.58. The number of aromatic nitrogens is 1. The van der Waals surface area contributed by atoms with Crippen LogP contribution < -0.4 is 5.32 Å². The molecule has 1 aromatic rings. The summed E-state index contributed by atoms with van der Waals surface area (Å²) in [6.07, 6.45) is -2.26. The molecule has 0 amide bonds. The zero-order valence-corrected chi connectivity index (χ0v) is 11.9. The molecule has 1 aromatic heterocycles. The average molecular weight is 293 g/mol. The fourth-order valence-corrected chi connectivity index (χ4v) is 3.53. The van der Waals surface area contributed by atoms with Crippen LogP contribution in [0.15, 0.2) is 0 Å². The van der Waals surface area contributed by atoms with Crippen LogP contribution in [0.2, 0.25) is 0 Å². The van der Waals surface area contributed by atoms with Crippen molar-refractivity contribution in [1.82, 2.24) is 15.2 Å². The number of likely N-dealkylation sites (N-methyl/N-ethyl adjacent to an activating group) is 1. The van der Waals surface area contributed by atoms with Crippen LogP contribution in [0.1, 0.15) is 28.4 Å². The molecular weight excluding hydrogens is 275 g/mol. The number of rotatable bonds is 4. The van der Waals surface area contributed by atoms with Crippen molar-refractivity contribution in [2.45, 2.75) is 38.5 Å². The van der Waals surface area contributed by atoms with Crippen molar-refractivity contribution >= 4 is 11.3 Å². The molecule has 2 rings (SSSR count). The van der Waals surface area contributed by atoms with Crippen LogP contribution in [-0.2, 0) is 12.7 Å². The number of nitrogens with zero attached hydrogens (tertiary/aromatic N) is 2. The van der Waals surface area contributed by atoms with E-state index in [2.05, 4.69) is 15.2 Å². The Labute approximate surface area is 114 Å². The van der Waals surface area contributed by atoms with Gasteiger partial charge in [-0.05, 0) is 33.4 Å². The lowest BCUT2D eigenvalue weighted by Gasteiger charge is -2.24. The predicted molar refractivity (Wildman–Crippen MR) is 69.2 cm³/mol. The number of hydrogen-bond donors (Lipinski definition) is 1. The van der Waals surface area contributed by atoms with E-state index in [4.69, 9.17) is 0 Å². The third kappa shape index (κ3) is 3.46. The molecule has 7 heteroatoms. The number of hydrogen-bond acceptors (Lipinski definition) is 4. The molecule has 0 saturated carbocycles. The summed E-state index contributed by atoms with van der Waals surface area (Å²) in [4.78, 5) is 6.11. The van der Waals surface area contributed by atoms with E-state index in [1.165, 1.54) is 0 Å². The van der Waals surface area contributed by atoms with Crippen LogP contribution in [-0.4, -0.2) is 36.1 Å². The van der Waals surface area contributed by atoms with E-state index in [0.29, 0.717) is 22.5 Å². The first-order valence-corrected chi connectivity index (χ1v) is 7.15. The highest BCUT2D eigenvalue weighted by Crippen LogP contribution is 2.35. The third-order valence-corrected chi connectivity index (χ3v) is 4.31. The van der Waals surface area contributed by atoms with Crippen molar-refractivity contribution in [3.05, 3.63) is 15.6 Å². The summed E-state index contributed by atoms with van der Waals surface area (Å²) < 4.78 is 38.7. The summed E-state index contributed by atoms with van der Waals surface area (Å²) in [7, 11) is 1.87. The van der Waals surface area contributed by atoms with Crippen LogP contribution in [0.25, 0.3) is 0 Å². The Morgan fingerprint density at radius 1 is 1.47 bits per heavy atom. The van der Waals surface area contributed by atoms with Crippen molar-refractivity contribution in [1.29, 1.82) is 0 Å². The summed E-state index contributed by atoms with van der Waals surface area (Å²) in [5.41, 5.74) is -0.704. The molecule has 0 aromatic carbocycles. The van der Waals surface area contributed by atoms with Crippen molar-refractivity contribution in [3.63, 3.8) is 0 Å². The Morgan fingerprint density at radius 3 is 2.84 bits per heavy atom. The van der Waals surface area contributed by atoms with Crippen molar-refractivity contribution in [2.24, 2.45) is 0 Å². The van der Waals surface area contributed by atoms with Gasteiger partial charge in [0, 0.05) is 19.1 Å². The van der Waals surface area contributed by atoms with E-state index in [-0.39, 0.29) is 0 Å². The molecule has 108 valence electrons. The molecule has 1 saturated heterocycles. The Morgan fingerprint density at radius 2 is 2.21 bits per heavy atom. The van der Waals surface area contributed by atoms with Gasteiger partial charge in [-0.3, -0.25) is 4.90 Å². The number of nitrogens with one attached hydrogen (secondary N) is 1. The topological polar surface area (TPSA) is 28.2 Å². The van der Waals surface area contributed by atoms with Gasteiger partial charge in [0.15, 0.2) is 5.69 Å². The number of aryl methyl sites for hydroxylation is 1. The van der Waals surface area contributed by atoms with Gasteiger partial charge in [-0.1, -0.05) is 0 Å². The molecule has 1 unspecified atom stereocenters. The normalized spacial score (nSPS) is 21.2. The number of thiazole rings is 1. The van der Waals surface area contributed by atoms with Gasteiger partial charge in [-0.15, -0.1) is 11.3 Å². The highest BCUT2D eigenvalue weighted by molar-refractivity contribution is 7.11. The Balaban J connectivity index is 2.14. The van der Waals surface area contributed by atoms with Crippen LogP contribution in [0.3, 0.4) is 0 Å². The van der Waals surface area contributed by atoms with Crippen molar-refractivity contribution < 1.29 is 13.2 Å². The molecule has 0 radical (unpaired) electrons. The standard InChI is InChI=1S/C12H18F3N3S/c1-8-17-11(12(13,14)15)10(19-8)7-18-5-3-4-9(18)6-16-2/h9,16H,3-7H2,1-2H3. The molecule has 1 aliphatic heterocycles. The lowest BCUT2D eigenvalue weighted by molar-refractivity contribution is -0.141. The van der Waals surface area contributed by atoms with Crippen LogP contribution in [0, 0.1) is 6.92 Å². The Bertz CT molecular complexity index is 430. The molecule has 1 atom stereocenters. The molecule has 19 heavy (non-hydrogen) atoms. The highest BCUT2D eigenvalue weighted by atomic mass is 32.1. The second-order valence-corrected chi connectivity index (χ2v) is 6.11. The molecule has 3 nitrogen and oxygen atoms in total. The number of alkyl halides is 3. The van der Waals surface area contributed by atoms with E-state index in [0.717, 1.165) is 37.3 Å². The fourth-order valence-electron chi connectivity index (χ4n) is 2.55. The summed E-state index contributed by atoms with van der Waals surface area (Å²) in [6, 6.07) is 0.327. The van der Waals surface area contributed by atoms with E-state index in [1.807, 2.05) is 7.05 Å². The Hall–Kier alpha value is -0.660. The van der Waals surface area contributed by atoms with Gasteiger partial charge >= 0.3 is 6.18 Å². The van der Waals surface area contributed by atoms with Gasteiger partial charge in [0.2, 0.25) is 0 Å². The first-order valence-electron chi connectivity index (χ1n) is 6.34. The molecule has 1 N–H and O–H groups in total. The molecule has 0 aliphatic carbocycles. The fraction of sp³-hybridized carbons (Fsp3) is 0.750. The van der Waals surface area contributed by atoms with E-state index in [9.17, 15) is 13.2 Å². The third-order valence-electron chi connectivity index (χ3n) is 3.36. The van der Waals surface area contributed by atoms with Gasteiger partial charge < -0.3 is 5.32 Å². The average Bonchev–Trinajstić information content (AvgIpc) is 2.87. The lowest BCUT2D eigenvalue weighted by Crippen LogP contribution is -2.36. The first kappa shape index (κ1) is 14.7. The summed E-state index contributed by atoms with van der Waals surface area (Å²) in [5.74, 6) is 0. The maximum absolute atomic E-state index is 12.9. The van der Waals surface area contributed by atoms with Crippen LogP contribution in [0.5, 0.6) is 0 Å². The molecular formula is C12H18F3N3S. The molecule has 0 spiro atoms. The SMILES string of the molecule is CNCC1CCCN1Cc1sc(C)nc1C(F)(F)F. The lowest BCUT2D eigenvalue weighted by atomic mass is 10.2. The molecule has 0 bridgehead atoms. The van der Waals surface area contributed by atoms with Crippen molar-refractivity contribution in [2.75, 3.05) is 20.1 Å². The minimum absolute atomic E-state index is 0.327. The second kappa shape index (κ2) is 5.76. The van der Waals surface area contributed by atoms with Gasteiger partial charge in [-0.25, -0.2) is 4.98 Å². The first-order chi connectivity index (χ1) is 8.91. The highest BCUT2D eigenvalue weighted by Gasteiger charge is 2.38. The van der Waals surface area contributed by atoms with Gasteiger partial charge in [0.05, 0.1) is 9.88 Å². The largest absolute Gasteiger partial charge is 0.434 e. The van der Waals surface area contributed by atoms with Crippen LogP contribution in [0.4, 0.5) is 13.2 Å². The number of halogens is 3. The molecule has 1 aliphatic rings. The second-order valence-electron chi connectivity index (χ2n) is 4.83. The van der Waals surface area contributed by atoms with Gasteiger partial charge in [0.25, 0.3) is 0 Å². The minimum Gasteiger partial charge on any atom is -0.318 e. The number of likely N-dealkylation sites (tertiary alicyclic amines) is 1. The van der Waals surface area contributed by atoms with Crippen LogP contribution >= 0.6 is 11.3 Å². The maximum atomic E-state index is 12.9. The molecule has 1 fully saturated rings. The minimum atomic E-state index is -4.35. The van der Waals surface area contributed by atoms with Gasteiger partial charge in [-0.2, -0.15) is 13.2 Å². The maximum Gasteiger partial charge on any atom is 0.434 e. The monoisotopic (exact) mass is 293 g/mol. The molecule has 2 heterocycles. The van der Waals surface area contributed by atoms with E-state index < -0.39 is 11.9 Å². The van der Waals surface area contributed by atoms with Gasteiger partial charge in [0.1, 0.15) is 0 Å². The smallest absolute Gasteiger partial charge is 0.318 e. The Kier molecular flexibility index (Phi) is 4.47. The summed E-state index contributed by atoms with van der Waals surface area (Å²) in [6.45, 7) is 3.66. The van der Waals surface area contributed by atoms with E-state index in [1.54, 1.807) is 6.92 Å². The quantitative estimate of drug-likeness (QED) is 0.925. The van der Waals surface area contributed by atoms with Crippen molar-refractivity contribution in [3.8, 4) is 0 Å².